The third kappa shape index (κ3) is 3.82. The van der Waals surface area contributed by atoms with Gasteiger partial charge in [-0.3, -0.25) is 9.59 Å². The summed E-state index contributed by atoms with van der Waals surface area (Å²) < 4.78 is 0. The van der Waals surface area contributed by atoms with Crippen molar-refractivity contribution in [3.8, 4) is 0 Å². The fourth-order valence-electron chi connectivity index (χ4n) is 2.50. The number of nitrogens with one attached hydrogen (secondary N) is 2. The van der Waals surface area contributed by atoms with Crippen LogP contribution in [0.2, 0.25) is 0 Å². The van der Waals surface area contributed by atoms with Crippen LogP contribution in [-0.4, -0.2) is 38.5 Å². The second kappa shape index (κ2) is 7.22. The summed E-state index contributed by atoms with van der Waals surface area (Å²) >= 11 is 0. The van der Waals surface area contributed by atoms with Crippen LogP contribution in [0.4, 0.5) is 5.69 Å². The van der Waals surface area contributed by atoms with Crippen LogP contribution in [0.25, 0.3) is 0 Å². The average Bonchev–Trinajstić information content (AvgIpc) is 2.89. The summed E-state index contributed by atoms with van der Waals surface area (Å²) in [5.41, 5.74) is 2.12. The van der Waals surface area contributed by atoms with Gasteiger partial charge in [0.2, 0.25) is 11.8 Å². The number of carbonyl (C=O) groups is 2. The maximum Gasteiger partial charge on any atom is 0.227 e. The molecule has 2 rings (SSSR count). The van der Waals surface area contributed by atoms with Crippen LogP contribution in [0.15, 0.2) is 24.3 Å². The van der Waals surface area contributed by atoms with Crippen LogP contribution in [0.5, 0.6) is 0 Å². The number of anilines is 1. The molecule has 1 atom stereocenters. The number of likely N-dealkylation sites (N-methyl/N-ethyl adjacent to an activating group) is 1. The number of aryl methyl sites for hydroxylation is 1. The van der Waals surface area contributed by atoms with Gasteiger partial charge in [0.1, 0.15) is 0 Å². The van der Waals surface area contributed by atoms with Crippen molar-refractivity contribution in [1.29, 1.82) is 0 Å². The summed E-state index contributed by atoms with van der Waals surface area (Å²) in [5, 5.41) is 5.83. The smallest absolute Gasteiger partial charge is 0.227 e. The Kier molecular flexibility index (Phi) is 5.33. The molecule has 2 N–H and O–H groups in total. The standard InChI is InChI=1S/C16H23N3O2/c1-3-12-4-6-14(7-5-12)19-11-13(10-15(19)20)16(21)18-9-8-17-2/h4-7,13,17H,3,8-11H2,1-2H3,(H,18,21). The largest absolute Gasteiger partial charge is 0.355 e. The molecule has 1 aromatic carbocycles. The van der Waals surface area contributed by atoms with Gasteiger partial charge in [0.25, 0.3) is 0 Å². The van der Waals surface area contributed by atoms with Gasteiger partial charge in [0.05, 0.1) is 5.92 Å². The van der Waals surface area contributed by atoms with Gasteiger partial charge < -0.3 is 15.5 Å². The van der Waals surface area contributed by atoms with Gasteiger partial charge in [-0.1, -0.05) is 19.1 Å². The zero-order valence-electron chi connectivity index (χ0n) is 12.7. The summed E-state index contributed by atoms with van der Waals surface area (Å²) in [6.45, 7) is 3.89. The zero-order valence-corrected chi connectivity index (χ0v) is 12.7. The molecule has 1 unspecified atom stereocenters. The van der Waals surface area contributed by atoms with Crippen molar-refractivity contribution in [2.75, 3.05) is 31.6 Å². The van der Waals surface area contributed by atoms with E-state index in [9.17, 15) is 9.59 Å². The van der Waals surface area contributed by atoms with Crippen LogP contribution in [0.3, 0.4) is 0 Å². The number of benzene rings is 1. The van der Waals surface area contributed by atoms with Crippen LogP contribution in [-0.2, 0) is 16.0 Å². The molecule has 1 aliphatic heterocycles. The van der Waals surface area contributed by atoms with Crippen LogP contribution in [0, 0.1) is 5.92 Å². The summed E-state index contributed by atoms with van der Waals surface area (Å²) in [6.07, 6.45) is 1.27. The van der Waals surface area contributed by atoms with Crippen molar-refractivity contribution in [3.05, 3.63) is 29.8 Å². The number of carbonyl (C=O) groups excluding carboxylic acids is 2. The first-order chi connectivity index (χ1) is 10.2. The molecule has 1 heterocycles. The summed E-state index contributed by atoms with van der Waals surface area (Å²) in [6, 6.07) is 7.97. The van der Waals surface area contributed by atoms with Crippen LogP contribution in [0.1, 0.15) is 18.9 Å². The first kappa shape index (κ1) is 15.5. The van der Waals surface area contributed by atoms with Gasteiger partial charge in [-0.05, 0) is 31.2 Å². The normalized spacial score (nSPS) is 18.1. The molecule has 114 valence electrons. The molecule has 21 heavy (non-hydrogen) atoms. The lowest BCUT2D eigenvalue weighted by molar-refractivity contribution is -0.126. The maximum atomic E-state index is 12.1. The number of nitrogens with zero attached hydrogens (tertiary/aromatic N) is 1. The number of hydrogen-bond acceptors (Lipinski definition) is 3. The van der Waals surface area contributed by atoms with Gasteiger partial charge in [-0.15, -0.1) is 0 Å². The molecule has 0 aliphatic carbocycles. The molecule has 0 bridgehead atoms. The first-order valence-corrected chi connectivity index (χ1v) is 7.47. The molecule has 0 radical (unpaired) electrons. The highest BCUT2D eigenvalue weighted by molar-refractivity contribution is 6.00. The minimum absolute atomic E-state index is 0.0213. The number of rotatable bonds is 6. The molecule has 0 spiro atoms. The third-order valence-electron chi connectivity index (χ3n) is 3.83. The molecular weight excluding hydrogens is 266 g/mol. The average molecular weight is 289 g/mol. The Morgan fingerprint density at radius 1 is 1.29 bits per heavy atom. The Labute approximate surface area is 125 Å². The first-order valence-electron chi connectivity index (χ1n) is 7.47. The molecule has 0 aromatic heterocycles. The van der Waals surface area contributed by atoms with E-state index >= 15 is 0 Å². The highest BCUT2D eigenvalue weighted by atomic mass is 16.2. The Morgan fingerprint density at radius 3 is 2.62 bits per heavy atom. The van der Waals surface area contributed by atoms with E-state index in [2.05, 4.69) is 17.6 Å². The monoisotopic (exact) mass is 289 g/mol. The van der Waals surface area contributed by atoms with Crippen molar-refractivity contribution in [3.63, 3.8) is 0 Å². The fraction of sp³-hybridized carbons (Fsp3) is 0.500. The number of hydrogen-bond donors (Lipinski definition) is 2. The minimum Gasteiger partial charge on any atom is -0.355 e. The highest BCUT2D eigenvalue weighted by Crippen LogP contribution is 2.25. The van der Waals surface area contributed by atoms with E-state index in [1.807, 2.05) is 31.3 Å². The van der Waals surface area contributed by atoms with E-state index in [-0.39, 0.29) is 17.7 Å². The SMILES string of the molecule is CCc1ccc(N2CC(C(=O)NCCNC)CC2=O)cc1. The summed E-state index contributed by atoms with van der Waals surface area (Å²) in [5.74, 6) is -0.264. The topological polar surface area (TPSA) is 61.4 Å². The Morgan fingerprint density at radius 2 is 2.00 bits per heavy atom. The van der Waals surface area contributed by atoms with Gasteiger partial charge in [-0.2, -0.15) is 0 Å². The van der Waals surface area contributed by atoms with E-state index in [0.717, 1.165) is 18.7 Å². The van der Waals surface area contributed by atoms with Crippen molar-refractivity contribution in [1.82, 2.24) is 10.6 Å². The lowest BCUT2D eigenvalue weighted by atomic mass is 10.1. The van der Waals surface area contributed by atoms with Gasteiger partial charge in [-0.25, -0.2) is 0 Å². The Balaban J connectivity index is 1.96. The molecular formula is C16H23N3O2. The van der Waals surface area contributed by atoms with Crippen LogP contribution < -0.4 is 15.5 Å². The molecule has 0 saturated carbocycles. The molecule has 5 heteroatoms. The van der Waals surface area contributed by atoms with Crippen molar-refractivity contribution < 1.29 is 9.59 Å². The van der Waals surface area contributed by atoms with Crippen molar-refractivity contribution in [2.24, 2.45) is 5.92 Å². The third-order valence-corrected chi connectivity index (χ3v) is 3.83. The maximum absolute atomic E-state index is 12.1. The van der Waals surface area contributed by atoms with Crippen LogP contribution >= 0.6 is 0 Å². The van der Waals surface area contributed by atoms with E-state index < -0.39 is 0 Å². The van der Waals surface area contributed by atoms with E-state index in [0.29, 0.717) is 19.5 Å². The molecule has 2 amide bonds. The van der Waals surface area contributed by atoms with Gasteiger partial charge in [0.15, 0.2) is 0 Å². The lowest BCUT2D eigenvalue weighted by Crippen LogP contribution is -2.36. The second-order valence-electron chi connectivity index (χ2n) is 5.32. The molecule has 1 aliphatic rings. The van der Waals surface area contributed by atoms with E-state index in [1.54, 1.807) is 4.90 Å². The molecule has 1 aromatic rings. The van der Waals surface area contributed by atoms with E-state index in [1.165, 1.54) is 5.56 Å². The fourth-order valence-corrected chi connectivity index (χ4v) is 2.50. The summed E-state index contributed by atoms with van der Waals surface area (Å²) in [7, 11) is 1.84. The second-order valence-corrected chi connectivity index (χ2v) is 5.32. The quantitative estimate of drug-likeness (QED) is 0.766. The lowest BCUT2D eigenvalue weighted by Gasteiger charge is -2.17. The van der Waals surface area contributed by atoms with E-state index in [4.69, 9.17) is 0 Å². The van der Waals surface area contributed by atoms with Gasteiger partial charge in [0, 0.05) is 31.7 Å². The van der Waals surface area contributed by atoms with Gasteiger partial charge >= 0.3 is 0 Å². The predicted molar refractivity (Wildman–Crippen MR) is 83.2 cm³/mol. The predicted octanol–water partition coefficient (Wildman–Crippen LogP) is 0.938. The molecule has 1 saturated heterocycles. The Hall–Kier alpha value is -1.88. The van der Waals surface area contributed by atoms with Crippen molar-refractivity contribution >= 4 is 17.5 Å². The highest BCUT2D eigenvalue weighted by Gasteiger charge is 2.34. The number of amides is 2. The minimum atomic E-state index is -0.250. The van der Waals surface area contributed by atoms with Crippen molar-refractivity contribution in [2.45, 2.75) is 19.8 Å². The molecule has 1 fully saturated rings. The Bertz CT molecular complexity index is 499. The zero-order chi connectivity index (χ0) is 15.2. The summed E-state index contributed by atoms with van der Waals surface area (Å²) in [4.78, 5) is 25.8. The molecule has 5 nitrogen and oxygen atoms in total.